The van der Waals surface area contributed by atoms with Crippen molar-refractivity contribution in [3.63, 3.8) is 0 Å². The summed E-state index contributed by atoms with van der Waals surface area (Å²) < 4.78 is 0. The van der Waals surface area contributed by atoms with Crippen LogP contribution in [0.1, 0.15) is 39.8 Å². The van der Waals surface area contributed by atoms with Gasteiger partial charge < -0.3 is 4.84 Å². The Labute approximate surface area is 97.5 Å². The van der Waals surface area contributed by atoms with E-state index < -0.39 is 0 Å². The fraction of sp³-hybridized carbons (Fsp3) is 0.538. The first-order chi connectivity index (χ1) is 7.56. The Kier molecular flexibility index (Phi) is 4.47. The van der Waals surface area contributed by atoms with Crippen LogP contribution in [0.5, 0.6) is 0 Å². The average molecular weight is 220 g/mol. The van der Waals surface area contributed by atoms with Gasteiger partial charge in [0.15, 0.2) is 0 Å². The summed E-state index contributed by atoms with van der Waals surface area (Å²) in [7, 11) is 0. The van der Waals surface area contributed by atoms with Crippen LogP contribution in [0.25, 0.3) is 0 Å². The number of nitrogens with zero attached hydrogens (tertiary/aromatic N) is 2. The number of aromatic nitrogens is 1. The summed E-state index contributed by atoms with van der Waals surface area (Å²) in [6.45, 7) is 8.22. The number of rotatable bonds is 5. The van der Waals surface area contributed by atoms with E-state index in [1.54, 1.807) is 6.20 Å². The maximum atomic E-state index is 5.29. The molecule has 1 aromatic heterocycles. The molecule has 1 unspecified atom stereocenters. The summed E-state index contributed by atoms with van der Waals surface area (Å²) >= 11 is 0. The Morgan fingerprint density at radius 1 is 1.50 bits per heavy atom. The monoisotopic (exact) mass is 220 g/mol. The standard InChI is InChI=1S/C13H20N2O/c1-5-11(2)16-15-10-13(3,4)12-8-6-7-9-14-12/h6-11H,5H2,1-4H3/b15-10+. The van der Waals surface area contributed by atoms with Gasteiger partial charge in [0, 0.05) is 11.6 Å². The van der Waals surface area contributed by atoms with Crippen molar-refractivity contribution in [1.29, 1.82) is 0 Å². The van der Waals surface area contributed by atoms with Crippen LogP contribution in [0.2, 0.25) is 0 Å². The largest absolute Gasteiger partial charge is 0.393 e. The molecule has 3 nitrogen and oxygen atoms in total. The van der Waals surface area contributed by atoms with Crippen molar-refractivity contribution in [2.75, 3.05) is 0 Å². The Bertz CT molecular complexity index is 333. The van der Waals surface area contributed by atoms with Gasteiger partial charge in [-0.05, 0) is 39.3 Å². The Balaban J connectivity index is 2.65. The lowest BCUT2D eigenvalue weighted by molar-refractivity contribution is 0.0700. The minimum Gasteiger partial charge on any atom is -0.393 e. The first-order valence-corrected chi connectivity index (χ1v) is 5.68. The maximum absolute atomic E-state index is 5.29. The number of hydrogen-bond acceptors (Lipinski definition) is 3. The molecule has 0 saturated heterocycles. The fourth-order valence-electron chi connectivity index (χ4n) is 1.15. The summed E-state index contributed by atoms with van der Waals surface area (Å²) in [5.41, 5.74) is 0.792. The van der Waals surface area contributed by atoms with Crippen LogP contribution in [0.3, 0.4) is 0 Å². The Morgan fingerprint density at radius 2 is 2.25 bits per heavy atom. The molecule has 0 bridgehead atoms. The van der Waals surface area contributed by atoms with Gasteiger partial charge in [-0.1, -0.05) is 18.1 Å². The van der Waals surface area contributed by atoms with Crippen LogP contribution in [0, 0.1) is 0 Å². The maximum Gasteiger partial charge on any atom is 0.124 e. The number of oxime groups is 1. The zero-order valence-electron chi connectivity index (χ0n) is 10.5. The van der Waals surface area contributed by atoms with Gasteiger partial charge in [0.05, 0.1) is 11.9 Å². The van der Waals surface area contributed by atoms with Gasteiger partial charge in [0.1, 0.15) is 6.10 Å². The van der Waals surface area contributed by atoms with E-state index in [1.165, 1.54) is 0 Å². The van der Waals surface area contributed by atoms with Crippen molar-refractivity contribution in [2.45, 2.75) is 45.6 Å². The van der Waals surface area contributed by atoms with Crippen LogP contribution in [-0.2, 0) is 10.3 Å². The summed E-state index contributed by atoms with van der Waals surface area (Å²) in [6, 6.07) is 5.88. The van der Waals surface area contributed by atoms with Gasteiger partial charge in [-0.3, -0.25) is 4.98 Å². The molecule has 0 spiro atoms. The SMILES string of the molecule is CCC(C)O/N=C/C(C)(C)c1ccccn1. The van der Waals surface area contributed by atoms with E-state index in [0.717, 1.165) is 12.1 Å². The second-order valence-corrected chi connectivity index (χ2v) is 4.50. The molecule has 0 aromatic carbocycles. The third-order valence-corrected chi connectivity index (χ3v) is 2.52. The van der Waals surface area contributed by atoms with E-state index in [9.17, 15) is 0 Å². The zero-order chi connectivity index (χ0) is 12.0. The lowest BCUT2D eigenvalue weighted by atomic mass is 9.90. The van der Waals surface area contributed by atoms with E-state index in [1.807, 2.05) is 31.3 Å². The molecule has 0 aliphatic rings. The van der Waals surface area contributed by atoms with Crippen molar-refractivity contribution < 1.29 is 4.84 Å². The van der Waals surface area contributed by atoms with Gasteiger partial charge in [-0.25, -0.2) is 0 Å². The molecular formula is C13H20N2O. The van der Waals surface area contributed by atoms with Crippen LogP contribution in [0.4, 0.5) is 0 Å². The molecule has 0 saturated carbocycles. The van der Waals surface area contributed by atoms with Crippen molar-refractivity contribution in [1.82, 2.24) is 4.98 Å². The highest BCUT2D eigenvalue weighted by molar-refractivity contribution is 5.70. The second kappa shape index (κ2) is 5.64. The van der Waals surface area contributed by atoms with Crippen LogP contribution < -0.4 is 0 Å². The van der Waals surface area contributed by atoms with Gasteiger partial charge in [-0.15, -0.1) is 0 Å². The molecule has 88 valence electrons. The van der Waals surface area contributed by atoms with Gasteiger partial charge >= 0.3 is 0 Å². The van der Waals surface area contributed by atoms with Crippen molar-refractivity contribution in [2.24, 2.45) is 5.16 Å². The quantitative estimate of drug-likeness (QED) is 0.564. The van der Waals surface area contributed by atoms with E-state index in [4.69, 9.17) is 4.84 Å². The molecule has 0 aliphatic heterocycles. The van der Waals surface area contributed by atoms with Crippen molar-refractivity contribution in [3.05, 3.63) is 30.1 Å². The first kappa shape index (κ1) is 12.7. The minimum atomic E-state index is -0.200. The molecule has 1 atom stereocenters. The number of hydrogen-bond donors (Lipinski definition) is 0. The summed E-state index contributed by atoms with van der Waals surface area (Å²) in [5, 5.41) is 4.03. The molecule has 0 N–H and O–H groups in total. The summed E-state index contributed by atoms with van der Waals surface area (Å²) in [4.78, 5) is 9.61. The molecular weight excluding hydrogens is 200 g/mol. The van der Waals surface area contributed by atoms with E-state index >= 15 is 0 Å². The molecule has 1 rings (SSSR count). The molecule has 0 radical (unpaired) electrons. The first-order valence-electron chi connectivity index (χ1n) is 5.68. The molecule has 0 aliphatic carbocycles. The summed E-state index contributed by atoms with van der Waals surface area (Å²) in [6.07, 6.45) is 4.72. The highest BCUT2D eigenvalue weighted by atomic mass is 16.6. The zero-order valence-corrected chi connectivity index (χ0v) is 10.5. The topological polar surface area (TPSA) is 34.5 Å². The average Bonchev–Trinajstić information content (AvgIpc) is 2.30. The molecule has 16 heavy (non-hydrogen) atoms. The highest BCUT2D eigenvalue weighted by Gasteiger charge is 2.19. The lowest BCUT2D eigenvalue weighted by Gasteiger charge is -2.18. The highest BCUT2D eigenvalue weighted by Crippen LogP contribution is 2.18. The predicted octanol–water partition coefficient (Wildman–Crippen LogP) is 3.16. The van der Waals surface area contributed by atoms with E-state index in [-0.39, 0.29) is 11.5 Å². The van der Waals surface area contributed by atoms with E-state index in [0.29, 0.717) is 0 Å². The van der Waals surface area contributed by atoms with E-state index in [2.05, 4.69) is 30.9 Å². The summed E-state index contributed by atoms with van der Waals surface area (Å²) in [5.74, 6) is 0. The predicted molar refractivity (Wildman–Crippen MR) is 66.6 cm³/mol. The number of pyridine rings is 1. The normalized spacial score (nSPS) is 14.0. The van der Waals surface area contributed by atoms with Crippen LogP contribution in [-0.4, -0.2) is 17.3 Å². The molecule has 1 aromatic rings. The van der Waals surface area contributed by atoms with Crippen molar-refractivity contribution >= 4 is 6.21 Å². The Morgan fingerprint density at radius 3 is 2.81 bits per heavy atom. The smallest absolute Gasteiger partial charge is 0.124 e. The molecule has 3 heteroatoms. The fourth-order valence-corrected chi connectivity index (χ4v) is 1.15. The minimum absolute atomic E-state index is 0.163. The molecule has 0 fully saturated rings. The van der Waals surface area contributed by atoms with Crippen LogP contribution in [0.15, 0.2) is 29.6 Å². The molecule has 0 amide bonds. The third kappa shape index (κ3) is 3.65. The van der Waals surface area contributed by atoms with Gasteiger partial charge in [0.2, 0.25) is 0 Å². The van der Waals surface area contributed by atoms with Gasteiger partial charge in [0.25, 0.3) is 0 Å². The van der Waals surface area contributed by atoms with Crippen LogP contribution >= 0.6 is 0 Å². The lowest BCUT2D eigenvalue weighted by Crippen LogP contribution is -2.21. The second-order valence-electron chi connectivity index (χ2n) is 4.50. The van der Waals surface area contributed by atoms with Gasteiger partial charge in [-0.2, -0.15) is 0 Å². The molecule has 1 heterocycles. The van der Waals surface area contributed by atoms with Crippen molar-refractivity contribution in [3.8, 4) is 0 Å². The Hall–Kier alpha value is -1.38. The third-order valence-electron chi connectivity index (χ3n) is 2.52.